The van der Waals surface area contributed by atoms with Crippen LogP contribution in [0.3, 0.4) is 0 Å². The van der Waals surface area contributed by atoms with Crippen LogP contribution >= 0.6 is 0 Å². The van der Waals surface area contributed by atoms with Crippen molar-refractivity contribution in [2.24, 2.45) is 0 Å². The van der Waals surface area contributed by atoms with Crippen LogP contribution in [0.25, 0.3) is 6.08 Å². The zero-order chi connectivity index (χ0) is 23.4. The van der Waals surface area contributed by atoms with Gasteiger partial charge < -0.3 is 9.47 Å². The lowest BCUT2D eigenvalue weighted by Crippen LogP contribution is -2.43. The summed E-state index contributed by atoms with van der Waals surface area (Å²) in [6, 6.07) is 20.7. The summed E-state index contributed by atoms with van der Waals surface area (Å²) in [5.41, 5.74) is 1.99. The smallest absolute Gasteiger partial charge is 0.263 e. The number of carbonyl (C=O) groups excluding carboxylic acids is 3. The van der Waals surface area contributed by atoms with E-state index in [1.807, 2.05) is 12.1 Å². The van der Waals surface area contributed by atoms with Gasteiger partial charge in [0, 0.05) is 11.8 Å². The third kappa shape index (κ3) is 4.48. The van der Waals surface area contributed by atoms with Crippen LogP contribution in [0.5, 0.6) is 11.5 Å². The Morgan fingerprint density at radius 3 is 1.85 bits per heavy atom. The van der Waals surface area contributed by atoms with Gasteiger partial charge in [-0.15, -0.1) is 0 Å². The molecular weight excluding hydrogens is 420 g/mol. The van der Waals surface area contributed by atoms with E-state index in [2.05, 4.69) is 0 Å². The Morgan fingerprint density at radius 1 is 0.818 bits per heavy atom. The molecule has 3 aromatic carbocycles. The van der Waals surface area contributed by atoms with Gasteiger partial charge in [-0.3, -0.25) is 24.2 Å². The van der Waals surface area contributed by atoms with Crippen molar-refractivity contribution in [1.29, 1.82) is 0 Å². The first-order chi connectivity index (χ1) is 16.0. The summed E-state index contributed by atoms with van der Waals surface area (Å²) >= 11 is 0. The molecule has 4 rings (SSSR count). The Balaban J connectivity index is 1.62. The van der Waals surface area contributed by atoms with E-state index in [0.29, 0.717) is 28.3 Å². The maximum Gasteiger partial charge on any atom is 0.263 e. The van der Waals surface area contributed by atoms with Crippen LogP contribution < -0.4 is 14.4 Å². The topological polar surface area (TPSA) is 76.2 Å². The molecule has 0 N–H and O–H groups in total. The molecule has 1 aliphatic heterocycles. The highest BCUT2D eigenvalue weighted by Gasteiger charge is 2.37. The summed E-state index contributed by atoms with van der Waals surface area (Å²) < 4.78 is 10.3. The van der Waals surface area contributed by atoms with Gasteiger partial charge in [-0.25, -0.2) is 0 Å². The summed E-state index contributed by atoms with van der Waals surface area (Å²) in [6.45, 7) is -0.218. The average Bonchev–Trinajstić information content (AvgIpc) is 3.11. The molecule has 3 aromatic rings. The molecule has 0 saturated carbocycles. The largest absolute Gasteiger partial charge is 0.497 e. The van der Waals surface area contributed by atoms with Gasteiger partial charge >= 0.3 is 0 Å². The third-order valence-corrected chi connectivity index (χ3v) is 5.35. The number of amides is 3. The number of hydrogen-bond donors (Lipinski definition) is 0. The molecule has 1 heterocycles. The number of imide groups is 1. The van der Waals surface area contributed by atoms with E-state index >= 15 is 0 Å². The first-order valence-corrected chi connectivity index (χ1v) is 10.2. The van der Waals surface area contributed by atoms with E-state index in [9.17, 15) is 14.4 Å². The first kappa shape index (κ1) is 21.8. The standard InChI is InChI=1S/C26H22N2O5/c1-32-20-12-7-18(8-13-20)9-16-24(29)27(19-10-14-21(33-2)15-11-19)17-28-25(30)22-5-3-4-6-23(22)26(28)31/h3-16H,17H2,1-2H3/b16-9+. The normalized spacial score (nSPS) is 12.7. The number of nitrogens with zero attached hydrogens (tertiary/aromatic N) is 2. The monoisotopic (exact) mass is 442 g/mol. The second-order valence-electron chi connectivity index (χ2n) is 7.30. The van der Waals surface area contributed by atoms with E-state index in [-0.39, 0.29) is 12.6 Å². The summed E-state index contributed by atoms with van der Waals surface area (Å²) in [5.74, 6) is 0.0965. The zero-order valence-corrected chi connectivity index (χ0v) is 18.2. The molecule has 0 bridgehead atoms. The second kappa shape index (κ2) is 9.40. The molecule has 1 aliphatic rings. The molecule has 0 radical (unpaired) electrons. The number of anilines is 1. The minimum absolute atomic E-state index is 0.218. The van der Waals surface area contributed by atoms with E-state index in [4.69, 9.17) is 9.47 Å². The van der Waals surface area contributed by atoms with E-state index in [1.165, 1.54) is 11.0 Å². The van der Waals surface area contributed by atoms with Crippen LogP contribution in [-0.4, -0.2) is 43.5 Å². The van der Waals surface area contributed by atoms with Crippen molar-refractivity contribution in [2.45, 2.75) is 0 Å². The fourth-order valence-corrected chi connectivity index (χ4v) is 3.52. The highest BCUT2D eigenvalue weighted by molar-refractivity contribution is 6.21. The maximum absolute atomic E-state index is 13.2. The Morgan fingerprint density at radius 2 is 1.33 bits per heavy atom. The van der Waals surface area contributed by atoms with Gasteiger partial charge in [0.15, 0.2) is 0 Å². The van der Waals surface area contributed by atoms with Crippen LogP contribution in [0.15, 0.2) is 78.9 Å². The Kier molecular flexibility index (Phi) is 6.22. The summed E-state index contributed by atoms with van der Waals surface area (Å²) in [7, 11) is 3.13. The molecular formula is C26H22N2O5. The molecule has 33 heavy (non-hydrogen) atoms. The quantitative estimate of drug-likeness (QED) is 0.408. The Bertz CT molecular complexity index is 1180. The number of benzene rings is 3. The second-order valence-corrected chi connectivity index (χ2v) is 7.30. The summed E-state index contributed by atoms with van der Waals surface area (Å²) in [4.78, 5) is 41.4. The third-order valence-electron chi connectivity index (χ3n) is 5.35. The van der Waals surface area contributed by atoms with Crippen LogP contribution in [0.4, 0.5) is 5.69 Å². The van der Waals surface area contributed by atoms with E-state index in [0.717, 1.165) is 10.5 Å². The Hall–Kier alpha value is -4.39. The lowest BCUT2D eigenvalue weighted by atomic mass is 10.1. The van der Waals surface area contributed by atoms with E-state index in [1.54, 1.807) is 81.0 Å². The molecule has 0 unspecified atom stereocenters. The fourth-order valence-electron chi connectivity index (χ4n) is 3.52. The van der Waals surface area contributed by atoms with Gasteiger partial charge in [0.2, 0.25) is 0 Å². The van der Waals surface area contributed by atoms with Crippen LogP contribution in [0.2, 0.25) is 0 Å². The first-order valence-electron chi connectivity index (χ1n) is 10.2. The molecule has 3 amide bonds. The molecule has 0 fully saturated rings. The van der Waals surface area contributed by atoms with Crippen LogP contribution in [0.1, 0.15) is 26.3 Å². The van der Waals surface area contributed by atoms with Crippen molar-refractivity contribution >= 4 is 29.5 Å². The average molecular weight is 442 g/mol. The van der Waals surface area contributed by atoms with Crippen molar-refractivity contribution in [3.8, 4) is 11.5 Å². The van der Waals surface area contributed by atoms with Gasteiger partial charge in [0.05, 0.1) is 25.3 Å². The van der Waals surface area contributed by atoms with Crippen molar-refractivity contribution in [1.82, 2.24) is 4.90 Å². The molecule has 166 valence electrons. The summed E-state index contributed by atoms with van der Waals surface area (Å²) in [6.07, 6.45) is 3.07. The molecule has 0 saturated heterocycles. The highest BCUT2D eigenvalue weighted by atomic mass is 16.5. The van der Waals surface area contributed by atoms with Crippen molar-refractivity contribution in [3.05, 3.63) is 95.6 Å². The molecule has 0 aromatic heterocycles. The zero-order valence-electron chi connectivity index (χ0n) is 18.2. The molecule has 0 spiro atoms. The van der Waals surface area contributed by atoms with Gasteiger partial charge in [-0.1, -0.05) is 24.3 Å². The van der Waals surface area contributed by atoms with Crippen molar-refractivity contribution in [3.63, 3.8) is 0 Å². The van der Waals surface area contributed by atoms with Gasteiger partial charge in [-0.2, -0.15) is 0 Å². The highest BCUT2D eigenvalue weighted by Crippen LogP contribution is 2.26. The number of methoxy groups -OCH3 is 2. The SMILES string of the molecule is COc1ccc(/C=C/C(=O)N(CN2C(=O)c3ccccc3C2=O)c2ccc(OC)cc2)cc1. The van der Waals surface area contributed by atoms with Crippen molar-refractivity contribution in [2.75, 3.05) is 25.8 Å². The molecule has 0 aliphatic carbocycles. The number of rotatable bonds is 7. The minimum atomic E-state index is -0.430. The van der Waals surface area contributed by atoms with Crippen molar-refractivity contribution < 1.29 is 23.9 Å². The lowest BCUT2D eigenvalue weighted by Gasteiger charge is -2.26. The van der Waals surface area contributed by atoms with E-state index < -0.39 is 11.8 Å². The Labute approximate surface area is 191 Å². The molecule has 0 atom stereocenters. The predicted octanol–water partition coefficient (Wildman–Crippen LogP) is 4.00. The van der Waals surface area contributed by atoms with Gasteiger partial charge in [0.1, 0.15) is 18.2 Å². The van der Waals surface area contributed by atoms with Gasteiger partial charge in [-0.05, 0) is 60.2 Å². The lowest BCUT2D eigenvalue weighted by molar-refractivity contribution is -0.114. The molecule has 7 nitrogen and oxygen atoms in total. The number of carbonyl (C=O) groups is 3. The van der Waals surface area contributed by atoms with Crippen LogP contribution in [0, 0.1) is 0 Å². The van der Waals surface area contributed by atoms with Gasteiger partial charge in [0.25, 0.3) is 17.7 Å². The number of fused-ring (bicyclic) bond motifs is 1. The van der Waals surface area contributed by atoms with Crippen LogP contribution in [-0.2, 0) is 4.79 Å². The number of hydrogen-bond acceptors (Lipinski definition) is 5. The number of ether oxygens (including phenoxy) is 2. The minimum Gasteiger partial charge on any atom is -0.497 e. The fraction of sp³-hybridized carbons (Fsp3) is 0.115. The summed E-state index contributed by atoms with van der Waals surface area (Å²) in [5, 5.41) is 0. The predicted molar refractivity (Wildman–Crippen MR) is 124 cm³/mol. The molecule has 7 heteroatoms. The maximum atomic E-state index is 13.2.